The molecule has 10 nitrogen and oxygen atoms in total. The molecule has 4 aliphatic rings. The van der Waals surface area contributed by atoms with E-state index in [1.54, 1.807) is 0 Å². The van der Waals surface area contributed by atoms with Crippen LogP contribution in [0.4, 0.5) is 0 Å². The van der Waals surface area contributed by atoms with Gasteiger partial charge in [0.05, 0.1) is 94.8 Å². The van der Waals surface area contributed by atoms with Crippen LogP contribution in [-0.4, -0.2) is 39.9 Å². The highest BCUT2D eigenvalue weighted by Crippen LogP contribution is 2.51. The third-order valence-corrected chi connectivity index (χ3v) is 32.8. The average molecular weight is 1880 g/mol. The zero-order valence-electron chi connectivity index (χ0n) is 89.3. The quantitative estimate of drug-likeness (QED) is 0.0341. The molecule has 0 aliphatic heterocycles. The third kappa shape index (κ3) is 40.4. The average Bonchev–Trinajstić information content (AvgIpc) is 0.798. The van der Waals surface area contributed by atoms with Crippen molar-refractivity contribution in [1.29, 1.82) is 0 Å². The molecule has 0 radical (unpaired) electrons. The van der Waals surface area contributed by atoms with Gasteiger partial charge >= 0.3 is 0 Å². The Bertz CT molecular complexity index is 4030. The Labute approximate surface area is 844 Å². The molecule has 4 atom stereocenters. The van der Waals surface area contributed by atoms with E-state index in [1.165, 1.54) is 433 Å². The van der Waals surface area contributed by atoms with Gasteiger partial charge < -0.3 is 9.47 Å². The van der Waals surface area contributed by atoms with E-state index in [4.69, 9.17) is 49.3 Å². The highest BCUT2D eigenvalue weighted by atomic mass is 16.5. The molecule has 0 spiro atoms. The van der Waals surface area contributed by atoms with Crippen LogP contribution < -0.4 is 0 Å². The number of aryl methyl sites for hydroxylation is 4. The van der Waals surface area contributed by atoms with E-state index in [0.29, 0.717) is 23.7 Å². The Morgan fingerprint density at radius 3 is 0.536 bits per heavy atom. The molecule has 4 aromatic heterocycles. The van der Waals surface area contributed by atoms with Crippen molar-refractivity contribution in [1.82, 2.24) is 39.9 Å². The van der Waals surface area contributed by atoms with Crippen LogP contribution >= 0.6 is 0 Å². The molecule has 4 aliphatic carbocycles. The van der Waals surface area contributed by atoms with Gasteiger partial charge in [-0.25, -0.2) is 0 Å². The molecule has 760 valence electrons. The lowest BCUT2D eigenvalue weighted by molar-refractivity contribution is -0.0908. The van der Waals surface area contributed by atoms with Crippen LogP contribution in [0, 0.1) is 47.3 Å². The second-order valence-corrected chi connectivity index (χ2v) is 44.0. The summed E-state index contributed by atoms with van der Waals surface area (Å²) in [7, 11) is 0. The molecular formula is C128H196N8O2. The summed E-state index contributed by atoms with van der Waals surface area (Å²) in [6, 6.07) is 37.3. The summed E-state index contributed by atoms with van der Waals surface area (Å²) in [5, 5.41) is 0. The van der Waals surface area contributed by atoms with Gasteiger partial charge in [0, 0.05) is 47.0 Å². The minimum atomic E-state index is 0.0562. The topological polar surface area (TPSA) is 122 Å². The first-order valence-corrected chi connectivity index (χ1v) is 59.1. The van der Waals surface area contributed by atoms with Crippen molar-refractivity contribution in [3.05, 3.63) is 192 Å². The van der Waals surface area contributed by atoms with Crippen LogP contribution in [0.5, 0.6) is 0 Å². The van der Waals surface area contributed by atoms with E-state index in [0.717, 1.165) is 117 Å². The van der Waals surface area contributed by atoms with Crippen molar-refractivity contribution >= 4 is 0 Å². The van der Waals surface area contributed by atoms with E-state index in [9.17, 15) is 0 Å². The van der Waals surface area contributed by atoms with E-state index >= 15 is 0 Å². The molecule has 4 fully saturated rings. The number of rotatable bonds is 68. The molecule has 0 saturated heterocycles. The van der Waals surface area contributed by atoms with Crippen molar-refractivity contribution in [2.24, 2.45) is 47.3 Å². The van der Waals surface area contributed by atoms with Crippen LogP contribution in [0.3, 0.4) is 0 Å². The van der Waals surface area contributed by atoms with E-state index in [2.05, 4.69) is 152 Å². The Balaban J connectivity index is 0.000000265. The summed E-state index contributed by atoms with van der Waals surface area (Å²) in [5.74, 6) is 5.51. The molecule has 8 aromatic rings. The molecule has 0 bridgehead atoms. The summed E-state index contributed by atoms with van der Waals surface area (Å²) >= 11 is 0. The van der Waals surface area contributed by atoms with E-state index in [1.807, 2.05) is 49.6 Å². The third-order valence-electron chi connectivity index (χ3n) is 32.8. The maximum absolute atomic E-state index is 7.84. The van der Waals surface area contributed by atoms with Gasteiger partial charge in [-0.3, -0.25) is 39.9 Å². The minimum Gasteiger partial charge on any atom is -0.365 e. The molecule has 0 N–H and O–H groups in total. The zero-order chi connectivity index (χ0) is 96.3. The zero-order valence-corrected chi connectivity index (χ0v) is 89.3. The first-order valence-electron chi connectivity index (χ1n) is 59.1. The van der Waals surface area contributed by atoms with Gasteiger partial charge in [0.15, 0.2) is 0 Å². The lowest BCUT2D eigenvalue weighted by Gasteiger charge is -2.40. The first-order chi connectivity index (χ1) is 68.2. The van der Waals surface area contributed by atoms with E-state index in [-0.39, 0.29) is 24.4 Å². The number of ether oxygens (including phenoxy) is 2. The molecule has 12 rings (SSSR count). The molecular weight excluding hydrogens is 1680 g/mol. The van der Waals surface area contributed by atoms with Gasteiger partial charge in [-0.05, 0) is 172 Å². The summed E-state index contributed by atoms with van der Waals surface area (Å²) in [5.41, 5.74) is 18.2. The van der Waals surface area contributed by atoms with Crippen LogP contribution in [0.1, 0.15) is 536 Å². The van der Waals surface area contributed by atoms with Gasteiger partial charge in [0.1, 0.15) is 0 Å². The lowest BCUT2D eigenvalue weighted by atomic mass is 9.74. The predicted octanol–water partition coefficient (Wildman–Crippen LogP) is 39.1. The number of benzene rings is 4. The van der Waals surface area contributed by atoms with E-state index < -0.39 is 0 Å². The van der Waals surface area contributed by atoms with Gasteiger partial charge in [0.25, 0.3) is 0 Å². The van der Waals surface area contributed by atoms with Gasteiger partial charge in [-0.15, -0.1) is 0 Å². The molecule has 10 heteroatoms. The van der Waals surface area contributed by atoms with Crippen LogP contribution in [0.25, 0.3) is 45.0 Å². The molecule has 4 heterocycles. The number of nitrogens with zero attached hydrogens (tertiary/aromatic N) is 8. The maximum atomic E-state index is 7.84. The van der Waals surface area contributed by atoms with Crippen molar-refractivity contribution in [3.63, 3.8) is 0 Å². The van der Waals surface area contributed by atoms with Gasteiger partial charge in [0.2, 0.25) is 0 Å². The summed E-state index contributed by atoms with van der Waals surface area (Å²) < 4.78 is 15.6. The fourth-order valence-corrected chi connectivity index (χ4v) is 23.7. The number of unbranched alkanes of at least 4 members (excludes halogenated alkanes) is 36. The van der Waals surface area contributed by atoms with Crippen LogP contribution in [-0.2, 0) is 35.2 Å². The first kappa shape index (κ1) is 111. The highest BCUT2D eigenvalue weighted by molar-refractivity contribution is 5.61. The Morgan fingerprint density at radius 1 is 0.188 bits per heavy atom. The predicted molar refractivity (Wildman–Crippen MR) is 587 cm³/mol. The highest BCUT2D eigenvalue weighted by Gasteiger charge is 2.39. The van der Waals surface area contributed by atoms with Gasteiger partial charge in [-0.1, -0.05) is 486 Å². The van der Waals surface area contributed by atoms with Crippen molar-refractivity contribution in [2.75, 3.05) is 0 Å². The second kappa shape index (κ2) is 67.6. The van der Waals surface area contributed by atoms with Crippen molar-refractivity contribution in [3.8, 4) is 45.0 Å². The molecule has 0 amide bonds. The molecule has 4 aromatic carbocycles. The Hall–Kier alpha value is -6.88. The largest absolute Gasteiger partial charge is 0.365 e. The van der Waals surface area contributed by atoms with Crippen LogP contribution in [0.2, 0.25) is 0 Å². The minimum absolute atomic E-state index is 0.0562. The molecule has 138 heavy (non-hydrogen) atoms. The number of aromatic nitrogens is 8. The number of hydrogen-bond donors (Lipinski definition) is 0. The lowest BCUT2D eigenvalue weighted by Crippen LogP contribution is -2.28. The normalized spacial score (nSPS) is 19.4. The fourth-order valence-electron chi connectivity index (χ4n) is 23.7. The summed E-state index contributed by atoms with van der Waals surface area (Å²) in [6.45, 7) is 18.5. The summed E-state index contributed by atoms with van der Waals surface area (Å²) in [6.07, 6.45) is 105. The van der Waals surface area contributed by atoms with Gasteiger partial charge in [-0.2, -0.15) is 0 Å². The Morgan fingerprint density at radius 2 is 0.355 bits per heavy atom. The monoisotopic (exact) mass is 1880 g/mol. The van der Waals surface area contributed by atoms with Crippen molar-refractivity contribution in [2.45, 2.75) is 516 Å². The number of hydrogen-bond acceptors (Lipinski definition) is 10. The second-order valence-electron chi connectivity index (χ2n) is 44.0. The molecule has 4 saturated carbocycles. The van der Waals surface area contributed by atoms with Crippen LogP contribution in [0.15, 0.2) is 147 Å². The smallest absolute Gasteiger partial charge is 0.0885 e. The van der Waals surface area contributed by atoms with Crippen molar-refractivity contribution < 1.29 is 9.47 Å². The SMILES string of the molecule is CCCCCCCCCc1cnc(-c2ccc(C(OC(c3ccc(-c4cnc(CCCCCCCCC)cn4)cc3)C3CCC(CCCCC)CC3)C3CCC(CCCCC)CC3)cc2)cn1.CCCCCCCCCc1cnc(-c2ccc(C(OC(c3ccc(-c4cnc(CCCCCCCCC)cn4)cc3)C3CCC(CCCCCCC)CC3)C3CCC(CCCCCCC)CC3)cc2)cn1. The molecule has 4 unspecified atom stereocenters. The summed E-state index contributed by atoms with van der Waals surface area (Å²) in [4.78, 5) is 39.3. The standard InChI is InChI=1S/C66H102N4O.C62H94N4O/c1-5-9-13-17-19-23-27-31-61-49-69-63(51-67-61)55-41-45-59(46-42-55)65(57-37-33-53(34-38-57)29-25-21-15-11-7-3)71-66(58-39-35-54(36-40-58)30-26-22-16-12-8-4)60-47-43-56(44-48-60)64-52-68-62(50-70-64)32-28-24-20-18-14-10-6-2;1-5-9-13-15-17-19-23-27-57-45-65-59(47-63-57)51-37-41-55(42-38-51)61(53-33-29-49(30-34-53)25-21-11-7-3)67-62(54-35-31-50(32-36-54)26-22-12-8-4)56-43-39-52(40-44-56)60-48-64-58(46-66-60)28-24-20-18-16-14-10-6-2/h41-54,57-58,65-66H,5-40H2,1-4H3;37-50,53-54,61-62H,5-36H2,1-4H3. The maximum Gasteiger partial charge on any atom is 0.0885 e. The fraction of sp³-hybridized carbons (Fsp3) is 0.688. The Kier molecular flexibility index (Phi) is 54.6.